The highest BCUT2D eigenvalue weighted by Gasteiger charge is 2.31. The number of nitrogens with zero attached hydrogens (tertiary/aromatic N) is 2. The molecule has 3 aromatic rings. The zero-order valence-corrected chi connectivity index (χ0v) is 15.9. The lowest BCUT2D eigenvalue weighted by atomic mass is 10.1. The molecule has 3 N–H and O–H groups in total. The molecule has 1 aliphatic heterocycles. The SMILES string of the molecule is O=C(N[C@H]1C[C@@H](O)c2ccccc21)C1=CN(c2ccnc3[nH]ccc23)CCS1. The number of aliphatic hydroxyl groups excluding tert-OH is 1. The standard InChI is InChI=1S/C21H20N4O2S/c26-18-11-16(13-3-1-2-4-14(13)18)24-21(27)19-12-25(9-10-28-19)17-6-8-23-20-15(17)5-7-22-20/h1-8,12,16,18,26H,9-11H2,(H,22,23)(H,24,27)/t16-,18+/m0/s1. The van der Waals surface area contributed by atoms with Gasteiger partial charge in [-0.05, 0) is 23.3 Å². The number of aliphatic hydroxyl groups is 1. The van der Waals surface area contributed by atoms with E-state index in [9.17, 15) is 9.90 Å². The lowest BCUT2D eigenvalue weighted by molar-refractivity contribution is -0.117. The smallest absolute Gasteiger partial charge is 0.259 e. The Balaban J connectivity index is 1.39. The minimum atomic E-state index is -0.523. The molecule has 0 saturated heterocycles. The molecular formula is C21H20N4O2S. The molecule has 142 valence electrons. The highest BCUT2D eigenvalue weighted by atomic mass is 32.2. The summed E-state index contributed by atoms with van der Waals surface area (Å²) in [5.74, 6) is 0.736. The molecule has 0 bridgehead atoms. The summed E-state index contributed by atoms with van der Waals surface area (Å²) in [5.41, 5.74) is 3.79. The van der Waals surface area contributed by atoms with Crippen LogP contribution in [0.5, 0.6) is 0 Å². The van der Waals surface area contributed by atoms with E-state index in [0.717, 1.165) is 40.1 Å². The molecule has 0 unspecified atom stereocenters. The first-order valence-corrected chi connectivity index (χ1v) is 10.3. The van der Waals surface area contributed by atoms with E-state index >= 15 is 0 Å². The van der Waals surface area contributed by atoms with Gasteiger partial charge in [-0.25, -0.2) is 4.98 Å². The normalized spacial score (nSPS) is 21.5. The van der Waals surface area contributed by atoms with Crippen molar-refractivity contribution in [3.63, 3.8) is 0 Å². The van der Waals surface area contributed by atoms with Crippen molar-refractivity contribution in [1.29, 1.82) is 0 Å². The highest BCUT2D eigenvalue weighted by Crippen LogP contribution is 2.39. The predicted octanol–water partition coefficient (Wildman–Crippen LogP) is 3.25. The summed E-state index contributed by atoms with van der Waals surface area (Å²) in [4.78, 5) is 23.2. The number of thioether (sulfide) groups is 1. The molecule has 5 rings (SSSR count). The van der Waals surface area contributed by atoms with Gasteiger partial charge in [-0.3, -0.25) is 4.79 Å². The topological polar surface area (TPSA) is 81.2 Å². The molecule has 2 aliphatic rings. The molecule has 0 spiro atoms. The van der Waals surface area contributed by atoms with E-state index in [-0.39, 0.29) is 11.9 Å². The number of carbonyl (C=O) groups excluding carboxylic acids is 1. The van der Waals surface area contributed by atoms with Gasteiger partial charge in [0, 0.05) is 42.7 Å². The van der Waals surface area contributed by atoms with Crippen molar-refractivity contribution in [3.8, 4) is 0 Å². The number of aromatic amines is 1. The van der Waals surface area contributed by atoms with Gasteiger partial charge in [-0.1, -0.05) is 24.3 Å². The van der Waals surface area contributed by atoms with E-state index in [1.165, 1.54) is 0 Å². The second kappa shape index (κ2) is 7.00. The largest absolute Gasteiger partial charge is 0.388 e. The predicted molar refractivity (Wildman–Crippen MR) is 111 cm³/mol. The van der Waals surface area contributed by atoms with Gasteiger partial charge in [0.1, 0.15) is 5.65 Å². The van der Waals surface area contributed by atoms with Crippen LogP contribution >= 0.6 is 11.8 Å². The Hall–Kier alpha value is -2.77. The highest BCUT2D eigenvalue weighted by molar-refractivity contribution is 8.04. The van der Waals surface area contributed by atoms with Gasteiger partial charge in [0.25, 0.3) is 5.91 Å². The summed E-state index contributed by atoms with van der Waals surface area (Å²) in [5, 5.41) is 14.4. The minimum absolute atomic E-state index is 0.0945. The summed E-state index contributed by atoms with van der Waals surface area (Å²) in [6, 6.07) is 11.6. The fourth-order valence-corrected chi connectivity index (χ4v) is 4.88. The quantitative estimate of drug-likeness (QED) is 0.638. The van der Waals surface area contributed by atoms with E-state index in [0.29, 0.717) is 11.3 Å². The van der Waals surface area contributed by atoms with Crippen LogP contribution in [0.2, 0.25) is 0 Å². The van der Waals surface area contributed by atoms with Crippen LogP contribution in [0.15, 0.2) is 59.9 Å². The number of fused-ring (bicyclic) bond motifs is 2. The number of pyridine rings is 1. The number of carbonyl (C=O) groups is 1. The monoisotopic (exact) mass is 392 g/mol. The number of aromatic nitrogens is 2. The van der Waals surface area contributed by atoms with E-state index in [1.807, 2.05) is 48.8 Å². The van der Waals surface area contributed by atoms with Crippen molar-refractivity contribution in [1.82, 2.24) is 15.3 Å². The van der Waals surface area contributed by atoms with Gasteiger partial charge in [-0.2, -0.15) is 0 Å². The van der Waals surface area contributed by atoms with Crippen LogP contribution in [0.25, 0.3) is 11.0 Å². The molecule has 2 aromatic heterocycles. The lowest BCUT2D eigenvalue weighted by Gasteiger charge is -2.27. The third kappa shape index (κ3) is 2.96. The first kappa shape index (κ1) is 17.3. The van der Waals surface area contributed by atoms with Crippen molar-refractivity contribution >= 4 is 34.4 Å². The Bertz CT molecular complexity index is 1080. The molecule has 1 aromatic carbocycles. The van der Waals surface area contributed by atoms with Crippen LogP contribution in [0, 0.1) is 0 Å². The second-order valence-corrected chi connectivity index (χ2v) is 8.15. The van der Waals surface area contributed by atoms with Gasteiger partial charge in [0.2, 0.25) is 0 Å². The Morgan fingerprint density at radius 3 is 3.00 bits per heavy atom. The van der Waals surface area contributed by atoms with Crippen LogP contribution in [-0.2, 0) is 4.79 Å². The minimum Gasteiger partial charge on any atom is -0.388 e. The molecule has 7 heteroatoms. The van der Waals surface area contributed by atoms with Gasteiger partial charge in [0.05, 0.1) is 22.7 Å². The average molecular weight is 392 g/mol. The Morgan fingerprint density at radius 2 is 2.11 bits per heavy atom. The van der Waals surface area contributed by atoms with E-state index in [4.69, 9.17) is 0 Å². The molecule has 2 atom stereocenters. The third-order valence-electron chi connectivity index (χ3n) is 5.33. The molecule has 3 heterocycles. The summed E-state index contributed by atoms with van der Waals surface area (Å²) in [6.45, 7) is 0.830. The number of amides is 1. The Morgan fingerprint density at radius 1 is 1.25 bits per heavy atom. The Labute approximate surface area is 166 Å². The van der Waals surface area contributed by atoms with Crippen molar-refractivity contribution < 1.29 is 9.90 Å². The number of benzene rings is 1. The zero-order chi connectivity index (χ0) is 19.1. The molecule has 0 saturated carbocycles. The number of H-pyrrole nitrogens is 1. The maximum atomic E-state index is 12.9. The van der Waals surface area contributed by atoms with E-state index in [1.54, 1.807) is 18.0 Å². The number of hydrogen-bond acceptors (Lipinski definition) is 5. The number of anilines is 1. The van der Waals surface area contributed by atoms with Crippen molar-refractivity contribution in [2.24, 2.45) is 0 Å². The third-order valence-corrected chi connectivity index (χ3v) is 6.32. The van der Waals surface area contributed by atoms with Crippen LogP contribution < -0.4 is 10.2 Å². The second-order valence-electron chi connectivity index (χ2n) is 7.01. The molecule has 28 heavy (non-hydrogen) atoms. The molecular weight excluding hydrogens is 372 g/mol. The maximum absolute atomic E-state index is 12.9. The van der Waals surface area contributed by atoms with Crippen LogP contribution in [0.4, 0.5) is 5.69 Å². The van der Waals surface area contributed by atoms with Gasteiger partial charge in [-0.15, -0.1) is 11.8 Å². The molecule has 0 fully saturated rings. The molecule has 1 amide bonds. The van der Waals surface area contributed by atoms with E-state index in [2.05, 4.69) is 20.2 Å². The number of rotatable bonds is 3. The summed E-state index contributed by atoms with van der Waals surface area (Å²) < 4.78 is 0. The van der Waals surface area contributed by atoms with Gasteiger partial charge < -0.3 is 20.3 Å². The lowest BCUT2D eigenvalue weighted by Crippen LogP contribution is -2.32. The van der Waals surface area contributed by atoms with E-state index < -0.39 is 6.10 Å². The van der Waals surface area contributed by atoms with Crippen LogP contribution in [0.3, 0.4) is 0 Å². The Kier molecular flexibility index (Phi) is 4.33. The van der Waals surface area contributed by atoms with Crippen molar-refractivity contribution in [2.45, 2.75) is 18.6 Å². The van der Waals surface area contributed by atoms with Gasteiger partial charge >= 0.3 is 0 Å². The van der Waals surface area contributed by atoms with Gasteiger partial charge in [0.15, 0.2) is 0 Å². The molecule has 1 aliphatic carbocycles. The maximum Gasteiger partial charge on any atom is 0.259 e. The summed E-state index contributed by atoms with van der Waals surface area (Å²) in [6.07, 6.45) is 5.56. The fourth-order valence-electron chi connectivity index (χ4n) is 3.98. The van der Waals surface area contributed by atoms with Crippen LogP contribution in [-0.4, -0.2) is 33.3 Å². The summed E-state index contributed by atoms with van der Waals surface area (Å²) >= 11 is 1.56. The fraction of sp³-hybridized carbons (Fsp3) is 0.238. The first-order valence-electron chi connectivity index (χ1n) is 9.32. The average Bonchev–Trinajstić information content (AvgIpc) is 3.33. The number of nitrogens with one attached hydrogen (secondary N) is 2. The summed E-state index contributed by atoms with van der Waals surface area (Å²) in [7, 11) is 0. The molecule has 0 radical (unpaired) electrons. The first-order chi connectivity index (χ1) is 13.7. The van der Waals surface area contributed by atoms with Crippen molar-refractivity contribution in [2.75, 3.05) is 17.2 Å². The number of hydrogen-bond donors (Lipinski definition) is 3. The molecule has 6 nitrogen and oxygen atoms in total. The zero-order valence-electron chi connectivity index (χ0n) is 15.1. The van der Waals surface area contributed by atoms with Crippen LogP contribution in [0.1, 0.15) is 29.7 Å². The van der Waals surface area contributed by atoms with Crippen molar-refractivity contribution in [3.05, 3.63) is 71.0 Å².